The second-order valence-corrected chi connectivity index (χ2v) is 7.97. The average Bonchev–Trinajstić information content (AvgIpc) is 2.75. The first kappa shape index (κ1) is 21.2. The Kier molecular flexibility index (Phi) is 7.15. The summed E-state index contributed by atoms with van der Waals surface area (Å²) in [5, 5.41) is 3.06. The fourth-order valence-electron chi connectivity index (χ4n) is 3.73. The molecule has 0 aromatic heterocycles. The van der Waals surface area contributed by atoms with Gasteiger partial charge in [-0.2, -0.15) is 0 Å². The van der Waals surface area contributed by atoms with Gasteiger partial charge in [-0.25, -0.2) is 0 Å². The van der Waals surface area contributed by atoms with E-state index in [-0.39, 0.29) is 11.9 Å². The maximum Gasteiger partial charge on any atom is 0.251 e. The lowest BCUT2D eigenvalue weighted by molar-refractivity contribution is 0.0939. The summed E-state index contributed by atoms with van der Waals surface area (Å²) in [5.74, 6) is 2.09. The molecule has 1 heterocycles. The molecular formula is C24H32N2O3. The predicted octanol–water partition coefficient (Wildman–Crippen LogP) is 4.43. The van der Waals surface area contributed by atoms with Crippen LogP contribution in [0, 0.1) is 5.92 Å². The lowest BCUT2D eigenvalue weighted by atomic mass is 9.99. The third kappa shape index (κ3) is 5.51. The van der Waals surface area contributed by atoms with Crippen LogP contribution >= 0.6 is 0 Å². The number of carbonyl (C=O) groups is 1. The van der Waals surface area contributed by atoms with Gasteiger partial charge in [-0.3, -0.25) is 9.69 Å². The molecule has 1 aliphatic rings. The number of amides is 1. The molecule has 0 saturated carbocycles. The molecule has 0 bridgehead atoms. The Morgan fingerprint density at radius 2 is 1.72 bits per heavy atom. The van der Waals surface area contributed by atoms with Crippen LogP contribution in [0.25, 0.3) is 0 Å². The molecule has 1 fully saturated rings. The van der Waals surface area contributed by atoms with E-state index in [1.165, 1.54) is 18.4 Å². The van der Waals surface area contributed by atoms with Crippen molar-refractivity contribution in [2.75, 3.05) is 27.3 Å². The molecule has 1 N–H and O–H groups in total. The highest BCUT2D eigenvalue weighted by Crippen LogP contribution is 2.30. The van der Waals surface area contributed by atoms with Crippen molar-refractivity contribution in [1.82, 2.24) is 10.2 Å². The van der Waals surface area contributed by atoms with Gasteiger partial charge >= 0.3 is 0 Å². The number of nitrogens with zero attached hydrogens (tertiary/aromatic N) is 1. The van der Waals surface area contributed by atoms with Crippen LogP contribution in [0.2, 0.25) is 0 Å². The maximum atomic E-state index is 12.7. The number of rotatable bonds is 7. The monoisotopic (exact) mass is 396 g/mol. The number of hydrogen-bond acceptors (Lipinski definition) is 4. The molecule has 0 radical (unpaired) electrons. The number of ether oxygens (including phenoxy) is 2. The van der Waals surface area contributed by atoms with Crippen LogP contribution in [-0.2, 0) is 6.54 Å². The van der Waals surface area contributed by atoms with E-state index in [4.69, 9.17) is 9.47 Å². The molecule has 1 saturated heterocycles. The lowest BCUT2D eigenvalue weighted by Gasteiger charge is -2.30. The molecule has 1 amide bonds. The van der Waals surface area contributed by atoms with Gasteiger partial charge in [0.15, 0.2) is 11.5 Å². The molecular weight excluding hydrogens is 364 g/mol. The summed E-state index contributed by atoms with van der Waals surface area (Å²) in [6, 6.07) is 13.5. The number of hydrogen-bond donors (Lipinski definition) is 1. The predicted molar refractivity (Wildman–Crippen MR) is 116 cm³/mol. The van der Waals surface area contributed by atoms with Crippen LogP contribution < -0.4 is 14.8 Å². The zero-order chi connectivity index (χ0) is 20.8. The number of nitrogens with one attached hydrogen (secondary N) is 1. The Morgan fingerprint density at radius 1 is 1.07 bits per heavy atom. The Hall–Kier alpha value is -2.53. The molecule has 0 unspecified atom stereocenters. The van der Waals surface area contributed by atoms with Crippen molar-refractivity contribution in [1.29, 1.82) is 0 Å². The summed E-state index contributed by atoms with van der Waals surface area (Å²) in [4.78, 5) is 15.2. The molecule has 156 valence electrons. The number of methoxy groups -OCH3 is 2. The van der Waals surface area contributed by atoms with Crippen LogP contribution in [0.5, 0.6) is 11.5 Å². The van der Waals surface area contributed by atoms with Crippen molar-refractivity contribution in [3.05, 3.63) is 59.2 Å². The van der Waals surface area contributed by atoms with E-state index < -0.39 is 0 Å². The van der Waals surface area contributed by atoms with Crippen molar-refractivity contribution in [3.8, 4) is 11.5 Å². The van der Waals surface area contributed by atoms with Gasteiger partial charge in [-0.05, 0) is 74.2 Å². The summed E-state index contributed by atoms with van der Waals surface area (Å²) >= 11 is 0. The second-order valence-electron chi connectivity index (χ2n) is 7.97. The Bertz CT molecular complexity index is 811. The van der Waals surface area contributed by atoms with Gasteiger partial charge in [0.2, 0.25) is 0 Å². The minimum Gasteiger partial charge on any atom is -0.493 e. The first-order valence-corrected chi connectivity index (χ1v) is 10.3. The fraction of sp³-hybridized carbons (Fsp3) is 0.458. The number of benzene rings is 2. The quantitative estimate of drug-likeness (QED) is 0.752. The molecule has 5 heteroatoms. The minimum atomic E-state index is -0.141. The third-order valence-electron chi connectivity index (χ3n) is 5.75. The molecule has 2 aromatic rings. The summed E-state index contributed by atoms with van der Waals surface area (Å²) in [6.07, 6.45) is 2.54. The molecule has 0 spiro atoms. The van der Waals surface area contributed by atoms with Gasteiger partial charge in [0, 0.05) is 12.1 Å². The summed E-state index contributed by atoms with van der Waals surface area (Å²) in [7, 11) is 3.22. The van der Waals surface area contributed by atoms with E-state index in [0.29, 0.717) is 17.1 Å². The van der Waals surface area contributed by atoms with Gasteiger partial charge in [0.1, 0.15) is 0 Å². The molecule has 0 aliphatic carbocycles. The third-order valence-corrected chi connectivity index (χ3v) is 5.75. The summed E-state index contributed by atoms with van der Waals surface area (Å²) in [6.45, 7) is 7.56. The molecule has 1 aliphatic heterocycles. The first-order valence-electron chi connectivity index (χ1n) is 10.3. The number of piperidine rings is 1. The van der Waals surface area contributed by atoms with Crippen LogP contribution in [0.4, 0.5) is 0 Å². The van der Waals surface area contributed by atoms with Crippen molar-refractivity contribution >= 4 is 5.91 Å². The van der Waals surface area contributed by atoms with Gasteiger partial charge in [0.25, 0.3) is 5.91 Å². The van der Waals surface area contributed by atoms with E-state index in [9.17, 15) is 4.79 Å². The van der Waals surface area contributed by atoms with Gasteiger partial charge in [-0.1, -0.05) is 25.1 Å². The highest BCUT2D eigenvalue weighted by Gasteiger charge is 2.17. The topological polar surface area (TPSA) is 50.8 Å². The van der Waals surface area contributed by atoms with Crippen molar-refractivity contribution in [2.45, 2.75) is 39.3 Å². The molecule has 2 aromatic carbocycles. The van der Waals surface area contributed by atoms with E-state index in [2.05, 4.69) is 29.3 Å². The Labute approximate surface area is 174 Å². The SMILES string of the molecule is COc1ccc([C@@H](C)NC(=O)c2ccc(CN3CCC(C)CC3)cc2)cc1OC. The maximum absolute atomic E-state index is 12.7. The molecule has 1 atom stereocenters. The first-order chi connectivity index (χ1) is 14.0. The summed E-state index contributed by atoms with van der Waals surface area (Å²) < 4.78 is 10.6. The molecule has 29 heavy (non-hydrogen) atoms. The van der Waals surface area contributed by atoms with Crippen molar-refractivity contribution in [2.24, 2.45) is 5.92 Å². The fourth-order valence-corrected chi connectivity index (χ4v) is 3.73. The zero-order valence-electron chi connectivity index (χ0n) is 17.9. The average molecular weight is 397 g/mol. The lowest BCUT2D eigenvalue weighted by Crippen LogP contribution is -2.32. The largest absolute Gasteiger partial charge is 0.493 e. The highest BCUT2D eigenvalue weighted by molar-refractivity contribution is 5.94. The van der Waals surface area contributed by atoms with Crippen LogP contribution in [0.3, 0.4) is 0 Å². The second kappa shape index (κ2) is 9.79. The number of carbonyl (C=O) groups excluding carboxylic acids is 1. The van der Waals surface area contributed by atoms with E-state index in [1.54, 1.807) is 14.2 Å². The molecule has 5 nitrogen and oxygen atoms in total. The van der Waals surface area contributed by atoms with Gasteiger partial charge in [-0.15, -0.1) is 0 Å². The normalized spacial score (nSPS) is 16.3. The number of likely N-dealkylation sites (tertiary alicyclic amines) is 1. The summed E-state index contributed by atoms with van der Waals surface area (Å²) in [5.41, 5.74) is 2.89. The van der Waals surface area contributed by atoms with Crippen molar-refractivity contribution < 1.29 is 14.3 Å². The smallest absolute Gasteiger partial charge is 0.251 e. The van der Waals surface area contributed by atoms with Crippen LogP contribution in [0.15, 0.2) is 42.5 Å². The zero-order valence-corrected chi connectivity index (χ0v) is 17.9. The Morgan fingerprint density at radius 3 is 2.34 bits per heavy atom. The standard InChI is InChI=1S/C24H32N2O3/c1-17-11-13-26(14-12-17)16-19-5-7-20(8-6-19)24(27)25-18(2)21-9-10-22(28-3)23(15-21)29-4/h5-10,15,17-18H,11-14,16H2,1-4H3,(H,25,27)/t18-/m1/s1. The van der Waals surface area contributed by atoms with E-state index in [0.717, 1.165) is 31.1 Å². The highest BCUT2D eigenvalue weighted by atomic mass is 16.5. The van der Waals surface area contributed by atoms with E-state index in [1.807, 2.05) is 37.3 Å². The van der Waals surface area contributed by atoms with E-state index >= 15 is 0 Å². The minimum absolute atomic E-state index is 0.0781. The molecule has 3 rings (SSSR count). The Balaban J connectivity index is 1.59. The van der Waals surface area contributed by atoms with Crippen molar-refractivity contribution in [3.63, 3.8) is 0 Å². The van der Waals surface area contributed by atoms with Gasteiger partial charge in [0.05, 0.1) is 20.3 Å². The van der Waals surface area contributed by atoms with Crippen LogP contribution in [-0.4, -0.2) is 38.1 Å². The van der Waals surface area contributed by atoms with Crippen LogP contribution in [0.1, 0.15) is 54.2 Å². The van der Waals surface area contributed by atoms with Gasteiger partial charge < -0.3 is 14.8 Å².